The Morgan fingerprint density at radius 3 is 1.57 bits per heavy atom. The van der Waals surface area contributed by atoms with Crippen LogP contribution in [0.2, 0.25) is 0 Å². The molecule has 0 saturated carbocycles. The van der Waals surface area contributed by atoms with Gasteiger partial charge in [0, 0.05) is 59.1 Å². The van der Waals surface area contributed by atoms with E-state index in [4.69, 9.17) is 14.8 Å². The summed E-state index contributed by atoms with van der Waals surface area (Å²) >= 11 is 0. The zero-order valence-electron chi connectivity index (χ0n) is 7.67. The zero-order chi connectivity index (χ0) is 9.94. The van der Waals surface area contributed by atoms with Crippen LogP contribution in [0.15, 0.2) is 0 Å². The smallest absolute Gasteiger partial charge is 0.325 e. The second kappa shape index (κ2) is 8.05. The van der Waals surface area contributed by atoms with Gasteiger partial charge in [0.2, 0.25) is 0 Å². The van der Waals surface area contributed by atoms with Gasteiger partial charge in [0.1, 0.15) is 0 Å². The third-order valence-electron chi connectivity index (χ3n) is 0.995. The number of hydrogen-bond donors (Lipinski definition) is 3. The summed E-state index contributed by atoms with van der Waals surface area (Å²) in [6, 6.07) is 0. The molecule has 0 spiro atoms. The number of carboxylic acid groups (broad SMARTS) is 2. The van der Waals surface area contributed by atoms with E-state index in [9.17, 15) is 18.0 Å². The van der Waals surface area contributed by atoms with Gasteiger partial charge < -0.3 is 10.2 Å². The second-order valence-corrected chi connectivity index (χ2v) is 3.54. The summed E-state index contributed by atoms with van der Waals surface area (Å²) in [6.07, 6.45) is -1.16. The minimum Gasteiger partial charge on any atom is -0.481 e. The molecule has 0 heterocycles. The van der Waals surface area contributed by atoms with Gasteiger partial charge in [-0.1, -0.05) is 0 Å². The van der Waals surface area contributed by atoms with E-state index in [1.807, 2.05) is 0 Å². The van der Waals surface area contributed by atoms with Gasteiger partial charge in [-0.3, -0.25) is 14.1 Å². The molecule has 0 aromatic carbocycles. The molecule has 0 aromatic rings. The molecule has 0 aliphatic rings. The van der Waals surface area contributed by atoms with Crippen molar-refractivity contribution in [1.82, 2.24) is 0 Å². The van der Waals surface area contributed by atoms with E-state index in [0.717, 1.165) is 0 Å². The van der Waals surface area contributed by atoms with Crippen molar-refractivity contribution in [3.8, 4) is 0 Å². The fourth-order valence-corrected chi connectivity index (χ4v) is 1.09. The number of rotatable bonds is 4. The van der Waals surface area contributed by atoms with Crippen molar-refractivity contribution in [2.75, 3.05) is 0 Å². The van der Waals surface area contributed by atoms with E-state index >= 15 is 0 Å². The van der Waals surface area contributed by atoms with Crippen LogP contribution < -0.4 is 0 Å². The van der Waals surface area contributed by atoms with Crippen LogP contribution >= 0.6 is 0 Å². The first kappa shape index (κ1) is 20.3. The van der Waals surface area contributed by atoms with Gasteiger partial charge in [0.15, 0.2) is 5.25 Å². The van der Waals surface area contributed by atoms with E-state index in [0.29, 0.717) is 0 Å². The molecular weight excluding hydrogens is 238 g/mol. The van der Waals surface area contributed by atoms with Crippen molar-refractivity contribution in [2.24, 2.45) is 0 Å². The fourth-order valence-electron chi connectivity index (χ4n) is 0.479. The number of aliphatic carboxylic acids is 2. The van der Waals surface area contributed by atoms with Gasteiger partial charge in [-0.05, 0) is 0 Å². The molecule has 1 atom stereocenters. The van der Waals surface area contributed by atoms with Crippen molar-refractivity contribution in [3.05, 3.63) is 0 Å². The van der Waals surface area contributed by atoms with Crippen LogP contribution in [0, 0.1) is 0 Å². The quantitative estimate of drug-likeness (QED) is 0.386. The summed E-state index contributed by atoms with van der Waals surface area (Å²) in [5, 5.41) is 13.9. The summed E-state index contributed by atoms with van der Waals surface area (Å²) in [6.45, 7) is 0. The topological polar surface area (TPSA) is 129 Å². The third-order valence-corrected chi connectivity index (χ3v) is 2.08. The summed E-state index contributed by atoms with van der Waals surface area (Å²) in [7, 11) is -4.84. The van der Waals surface area contributed by atoms with E-state index in [1.165, 1.54) is 0 Å². The molecule has 72 valence electrons. The van der Waals surface area contributed by atoms with E-state index in [2.05, 4.69) is 0 Å². The Labute approximate surface area is 124 Å². The monoisotopic (exact) mass is 244 g/mol. The van der Waals surface area contributed by atoms with Gasteiger partial charge in [-0.25, -0.2) is 0 Å². The van der Waals surface area contributed by atoms with Crippen LogP contribution in [0.4, 0.5) is 0 Å². The fraction of sp³-hybridized carbons (Fsp3) is 0.500. The Kier molecular flexibility index (Phi) is 11.7. The molecule has 3 N–H and O–H groups in total. The van der Waals surface area contributed by atoms with Crippen molar-refractivity contribution in [3.63, 3.8) is 0 Å². The number of carboxylic acids is 2. The first-order valence-electron chi connectivity index (χ1n) is 2.66. The Hall–Kier alpha value is 0.850. The maximum Gasteiger partial charge on any atom is 0.325 e. The Morgan fingerprint density at radius 1 is 1.14 bits per heavy atom. The van der Waals surface area contributed by atoms with Gasteiger partial charge in [0.05, 0.1) is 6.42 Å². The van der Waals surface area contributed by atoms with Crippen LogP contribution in [-0.2, 0) is 19.7 Å². The van der Waals surface area contributed by atoms with Crippen LogP contribution in [0.25, 0.3) is 0 Å². The zero-order valence-corrected chi connectivity index (χ0v) is 12.5. The van der Waals surface area contributed by atoms with Gasteiger partial charge in [0.25, 0.3) is 10.1 Å². The average molecular weight is 244 g/mol. The average Bonchev–Trinajstić information content (AvgIpc) is 1.79. The predicted molar refractivity (Wildman–Crippen MR) is 46.7 cm³/mol. The van der Waals surface area contributed by atoms with Crippen LogP contribution in [0.1, 0.15) is 6.42 Å². The number of carbonyl (C=O) groups is 2. The molecule has 0 aliphatic carbocycles. The molecule has 14 heavy (non-hydrogen) atoms. The molecule has 7 nitrogen and oxygen atoms in total. The minimum absolute atomic E-state index is 0. The maximum atomic E-state index is 10.2. The molecule has 0 rings (SSSR count). The summed E-state index contributed by atoms with van der Waals surface area (Å²) in [4.78, 5) is 20.0. The molecule has 0 amide bonds. The van der Waals surface area contributed by atoms with E-state index < -0.39 is 33.7 Å². The molecule has 0 fully saturated rings. The SMILES string of the molecule is O=C(O)CC(C(=O)O)S(=O)(=O)O.[Na].[Na]. The second-order valence-electron chi connectivity index (χ2n) is 1.94. The first-order valence-corrected chi connectivity index (χ1v) is 4.16. The van der Waals surface area contributed by atoms with Crippen LogP contribution in [0.5, 0.6) is 0 Å². The normalized spacial score (nSPS) is 11.8. The summed E-state index contributed by atoms with van der Waals surface area (Å²) < 4.78 is 28.7. The molecular formula is C4H6Na2O7S. The maximum absolute atomic E-state index is 10.2. The first-order chi connectivity index (χ1) is 5.25. The molecule has 0 bridgehead atoms. The van der Waals surface area contributed by atoms with Crippen LogP contribution in [-0.4, -0.2) is 99.5 Å². The van der Waals surface area contributed by atoms with Gasteiger partial charge in [-0.2, -0.15) is 8.42 Å². The molecule has 0 aliphatic heterocycles. The Balaban J connectivity index is -0.000000605. The number of hydrogen-bond acceptors (Lipinski definition) is 4. The Bertz CT molecular complexity index is 297. The molecule has 0 saturated heterocycles. The van der Waals surface area contributed by atoms with Crippen molar-refractivity contribution < 1.29 is 32.8 Å². The largest absolute Gasteiger partial charge is 0.481 e. The molecule has 10 heteroatoms. The minimum atomic E-state index is -4.84. The molecule has 0 aromatic heterocycles. The molecule has 1 unspecified atom stereocenters. The standard InChI is InChI=1S/C4H6O7S.2Na/c5-3(6)1-2(4(7)8)12(9,10)11;;/h2H,1H2,(H,5,6)(H,7,8)(H,9,10,11);;. The predicted octanol–water partition coefficient (Wildman–Crippen LogP) is -1.96. The molecule has 2 radical (unpaired) electrons. The van der Waals surface area contributed by atoms with Crippen molar-refractivity contribution in [2.45, 2.75) is 11.7 Å². The van der Waals surface area contributed by atoms with Gasteiger partial charge >= 0.3 is 11.9 Å². The van der Waals surface area contributed by atoms with Crippen LogP contribution in [0.3, 0.4) is 0 Å². The third kappa shape index (κ3) is 8.18. The van der Waals surface area contributed by atoms with Crippen molar-refractivity contribution in [1.29, 1.82) is 0 Å². The van der Waals surface area contributed by atoms with E-state index in [1.54, 1.807) is 0 Å². The summed E-state index contributed by atoms with van der Waals surface area (Å²) in [5.41, 5.74) is 0. The van der Waals surface area contributed by atoms with E-state index in [-0.39, 0.29) is 59.1 Å². The van der Waals surface area contributed by atoms with Crippen molar-refractivity contribution >= 4 is 81.2 Å². The Morgan fingerprint density at radius 2 is 1.50 bits per heavy atom. The van der Waals surface area contributed by atoms with Gasteiger partial charge in [-0.15, -0.1) is 0 Å². The summed E-state index contributed by atoms with van der Waals surface area (Å²) in [5.74, 6) is -3.50.